The van der Waals surface area contributed by atoms with Gasteiger partial charge in [0.05, 0.1) is 17.9 Å². The number of carbonyl (C=O) groups excluding carboxylic acids is 1. The molecule has 35 heavy (non-hydrogen) atoms. The minimum atomic E-state index is -4.32. The maximum atomic E-state index is 12.3. The van der Waals surface area contributed by atoms with Crippen LogP contribution >= 0.6 is 0 Å². The van der Waals surface area contributed by atoms with Crippen LogP contribution in [0.1, 0.15) is 129 Å². The predicted octanol–water partition coefficient (Wildman–Crippen LogP) is 6.89. The van der Waals surface area contributed by atoms with E-state index in [0.29, 0.717) is 0 Å². The molecule has 0 aliphatic carbocycles. The van der Waals surface area contributed by atoms with Crippen LogP contribution in [0.15, 0.2) is 24.3 Å². The van der Waals surface area contributed by atoms with Crippen molar-refractivity contribution in [3.63, 3.8) is 0 Å². The molecule has 0 aliphatic heterocycles. The largest absolute Gasteiger partial charge is 0.387 e. The quantitative estimate of drug-likeness (QED) is 0.0737. The Bertz CT molecular complexity index is 660. The summed E-state index contributed by atoms with van der Waals surface area (Å²) in [5.41, 5.74) is 0. The van der Waals surface area contributed by atoms with Gasteiger partial charge in [-0.3, -0.25) is 9.35 Å². The van der Waals surface area contributed by atoms with Gasteiger partial charge < -0.3 is 10.4 Å². The molecule has 7 heteroatoms. The van der Waals surface area contributed by atoms with Gasteiger partial charge in [0.1, 0.15) is 0 Å². The Morgan fingerprint density at radius 3 is 1.74 bits per heavy atom. The zero-order valence-electron chi connectivity index (χ0n) is 22.4. The van der Waals surface area contributed by atoms with E-state index >= 15 is 0 Å². The molecule has 0 bridgehead atoms. The lowest BCUT2D eigenvalue weighted by Gasteiger charge is -2.21. The number of rotatable bonds is 24. The fourth-order valence-corrected chi connectivity index (χ4v) is 4.70. The zero-order chi connectivity index (χ0) is 26.2. The van der Waals surface area contributed by atoms with Crippen molar-refractivity contribution in [2.45, 2.75) is 142 Å². The summed E-state index contributed by atoms with van der Waals surface area (Å²) in [7, 11) is -4.32. The van der Waals surface area contributed by atoms with E-state index in [1.807, 2.05) is 6.08 Å². The number of aliphatic hydroxyl groups is 1. The van der Waals surface area contributed by atoms with Gasteiger partial charge in [-0.1, -0.05) is 102 Å². The highest BCUT2D eigenvalue weighted by atomic mass is 32.2. The van der Waals surface area contributed by atoms with Gasteiger partial charge in [0.2, 0.25) is 5.91 Å². The van der Waals surface area contributed by atoms with Gasteiger partial charge in [-0.15, -0.1) is 0 Å². The second-order valence-corrected chi connectivity index (χ2v) is 11.2. The maximum absolute atomic E-state index is 12.3. The van der Waals surface area contributed by atoms with E-state index in [0.717, 1.165) is 70.6 Å². The van der Waals surface area contributed by atoms with Crippen LogP contribution in [-0.2, 0) is 14.9 Å². The number of nitrogens with one attached hydrogen (secondary N) is 1. The number of hydrogen-bond acceptors (Lipinski definition) is 4. The summed E-state index contributed by atoms with van der Waals surface area (Å²) >= 11 is 0. The van der Waals surface area contributed by atoms with E-state index in [2.05, 4.69) is 31.3 Å². The topological polar surface area (TPSA) is 104 Å². The molecule has 2 unspecified atom stereocenters. The number of carbonyl (C=O) groups is 1. The van der Waals surface area contributed by atoms with Crippen molar-refractivity contribution in [2.24, 2.45) is 0 Å². The van der Waals surface area contributed by atoms with Crippen LogP contribution < -0.4 is 5.32 Å². The van der Waals surface area contributed by atoms with Crippen LogP contribution in [0.3, 0.4) is 0 Å². The first-order valence-corrected chi connectivity index (χ1v) is 15.6. The molecule has 1 amide bonds. The summed E-state index contributed by atoms with van der Waals surface area (Å²) in [6.45, 7) is 4.37. The summed E-state index contributed by atoms with van der Waals surface area (Å²) in [4.78, 5) is 12.3. The van der Waals surface area contributed by atoms with Crippen LogP contribution in [0.4, 0.5) is 0 Å². The minimum Gasteiger partial charge on any atom is -0.387 e. The molecule has 0 aromatic heterocycles. The van der Waals surface area contributed by atoms with E-state index in [1.165, 1.54) is 44.6 Å². The van der Waals surface area contributed by atoms with E-state index in [1.54, 1.807) is 0 Å². The number of unbranched alkanes of at least 4 members (excludes halogenated alkanes) is 14. The molecule has 3 N–H and O–H groups in total. The third-order valence-corrected chi connectivity index (χ3v) is 6.90. The average molecular weight is 516 g/mol. The highest BCUT2D eigenvalue weighted by molar-refractivity contribution is 7.85. The minimum absolute atomic E-state index is 0.285. The molecule has 0 aromatic carbocycles. The molecule has 0 saturated heterocycles. The van der Waals surface area contributed by atoms with E-state index < -0.39 is 28.0 Å². The van der Waals surface area contributed by atoms with Crippen molar-refractivity contribution in [1.29, 1.82) is 0 Å². The van der Waals surface area contributed by atoms with E-state index in [4.69, 9.17) is 0 Å². The summed E-state index contributed by atoms with van der Waals surface area (Å²) in [6.07, 6.45) is 26.2. The van der Waals surface area contributed by atoms with Crippen LogP contribution in [0, 0.1) is 0 Å². The summed E-state index contributed by atoms with van der Waals surface area (Å²) in [5, 5.41) is 12.9. The molecule has 0 aliphatic rings. The molecule has 0 fully saturated rings. The highest BCUT2D eigenvalue weighted by Crippen LogP contribution is 2.10. The van der Waals surface area contributed by atoms with Crippen molar-refractivity contribution in [3.8, 4) is 0 Å². The lowest BCUT2D eigenvalue weighted by molar-refractivity contribution is -0.122. The van der Waals surface area contributed by atoms with Crippen molar-refractivity contribution in [1.82, 2.24) is 5.32 Å². The molecule has 2 atom stereocenters. The Labute approximate surface area is 215 Å². The molecule has 0 heterocycles. The van der Waals surface area contributed by atoms with Crippen molar-refractivity contribution < 1.29 is 22.9 Å². The zero-order valence-corrected chi connectivity index (χ0v) is 23.2. The van der Waals surface area contributed by atoms with Gasteiger partial charge in [-0.2, -0.15) is 8.42 Å². The van der Waals surface area contributed by atoms with Gasteiger partial charge in [0.15, 0.2) is 0 Å². The Hall–Kier alpha value is -1.18. The number of aliphatic hydroxyl groups excluding tert-OH is 1. The first kappa shape index (κ1) is 33.8. The van der Waals surface area contributed by atoms with Gasteiger partial charge >= 0.3 is 0 Å². The number of allylic oxidation sites excluding steroid dienone is 3. The third-order valence-electron chi connectivity index (χ3n) is 6.12. The molecule has 6 nitrogen and oxygen atoms in total. The Kier molecular flexibility index (Phi) is 22.4. The first-order chi connectivity index (χ1) is 16.8. The SMILES string of the molecule is CCCCCC/C=C/C(O)C(CS(=O)(=O)O)NC(=O)CCCCCCC/C=C\CCCCCCC. The summed E-state index contributed by atoms with van der Waals surface area (Å²) in [5.74, 6) is -0.997. The molecule has 0 spiro atoms. The Morgan fingerprint density at radius 1 is 0.743 bits per heavy atom. The van der Waals surface area contributed by atoms with Crippen LogP contribution in [-0.4, -0.2) is 41.9 Å². The second-order valence-electron chi connectivity index (χ2n) is 9.67. The lowest BCUT2D eigenvalue weighted by atomic mass is 10.1. The Morgan fingerprint density at radius 2 is 1.20 bits per heavy atom. The number of amides is 1. The molecule has 0 radical (unpaired) electrons. The standard InChI is InChI=1S/C28H53NO5S/c1-3-5-7-9-11-12-13-14-15-16-17-18-20-22-24-28(31)29-26(25-35(32,33)34)27(30)23-21-19-10-8-6-4-2/h13-14,21,23,26-27,30H,3-12,15-20,22,24-25H2,1-2H3,(H,29,31)(H,32,33,34)/b14-13-,23-21+. The molecular weight excluding hydrogens is 462 g/mol. The predicted molar refractivity (Wildman–Crippen MR) is 147 cm³/mol. The first-order valence-electron chi connectivity index (χ1n) is 14.0. The van der Waals surface area contributed by atoms with Crippen LogP contribution in [0.2, 0.25) is 0 Å². The van der Waals surface area contributed by atoms with Crippen molar-refractivity contribution in [3.05, 3.63) is 24.3 Å². The average Bonchev–Trinajstić information content (AvgIpc) is 2.80. The lowest BCUT2D eigenvalue weighted by Crippen LogP contribution is -2.46. The van der Waals surface area contributed by atoms with Crippen molar-refractivity contribution in [2.75, 3.05) is 5.75 Å². The van der Waals surface area contributed by atoms with Gasteiger partial charge in [-0.05, 0) is 44.9 Å². The molecule has 0 aromatic rings. The summed E-state index contributed by atoms with van der Waals surface area (Å²) < 4.78 is 31.9. The van der Waals surface area contributed by atoms with E-state index in [-0.39, 0.29) is 12.3 Å². The molecular formula is C28H53NO5S. The summed E-state index contributed by atoms with van der Waals surface area (Å²) in [6, 6.07) is -1.05. The van der Waals surface area contributed by atoms with Crippen LogP contribution in [0.5, 0.6) is 0 Å². The smallest absolute Gasteiger partial charge is 0.267 e. The van der Waals surface area contributed by atoms with Gasteiger partial charge in [-0.25, -0.2) is 0 Å². The molecule has 206 valence electrons. The van der Waals surface area contributed by atoms with Crippen molar-refractivity contribution >= 4 is 16.0 Å². The highest BCUT2D eigenvalue weighted by Gasteiger charge is 2.24. The molecule has 0 saturated carbocycles. The number of hydrogen-bond donors (Lipinski definition) is 3. The second kappa shape index (κ2) is 23.2. The monoisotopic (exact) mass is 515 g/mol. The molecule has 0 rings (SSSR count). The third kappa shape index (κ3) is 24.3. The Balaban J connectivity index is 4.06. The fraction of sp³-hybridized carbons (Fsp3) is 0.821. The maximum Gasteiger partial charge on any atom is 0.267 e. The van der Waals surface area contributed by atoms with Gasteiger partial charge in [0, 0.05) is 6.42 Å². The fourth-order valence-electron chi connectivity index (χ4n) is 3.97. The normalized spacial score (nSPS) is 14.1. The van der Waals surface area contributed by atoms with E-state index in [9.17, 15) is 22.9 Å². The van der Waals surface area contributed by atoms with Crippen LogP contribution in [0.25, 0.3) is 0 Å². The van der Waals surface area contributed by atoms with Gasteiger partial charge in [0.25, 0.3) is 10.1 Å².